The summed E-state index contributed by atoms with van der Waals surface area (Å²) in [5.41, 5.74) is 0. The molecule has 0 fully saturated rings. The summed E-state index contributed by atoms with van der Waals surface area (Å²) in [6, 6.07) is 0. The molecule has 0 atom stereocenters. The van der Waals surface area contributed by atoms with Gasteiger partial charge in [0.25, 0.3) is 0 Å². The molecule has 0 aliphatic carbocycles. The molecule has 1 nitrogen and oxygen atoms in total. The number of carbonyl (C=O) groups excluding carboxylic acids is 1. The van der Waals surface area contributed by atoms with Crippen LogP contribution < -0.4 is 0 Å². The molecule has 0 unspecified atom stereocenters. The minimum atomic E-state index is -4.20. The number of hydrogen-bond donors (Lipinski definition) is 0. The first-order valence-electron chi connectivity index (χ1n) is 4.89. The van der Waals surface area contributed by atoms with Crippen LogP contribution in [-0.4, -0.2) is 12.0 Å². The monoisotopic (exact) mass is 210 g/mol. The predicted octanol–water partition coefficient (Wildman–Crippen LogP) is 3.72. The zero-order valence-electron chi connectivity index (χ0n) is 8.66. The van der Waals surface area contributed by atoms with Gasteiger partial charge in [0.1, 0.15) is 5.78 Å². The summed E-state index contributed by atoms with van der Waals surface area (Å²) >= 11 is 0. The maximum absolute atomic E-state index is 11.7. The molecule has 14 heavy (non-hydrogen) atoms. The first kappa shape index (κ1) is 13.5. The second-order valence-electron chi connectivity index (χ2n) is 3.94. The molecule has 0 radical (unpaired) electrons. The number of ketones is 1. The molecular formula is C10H17F3O. The van der Waals surface area contributed by atoms with Crippen molar-refractivity contribution in [1.82, 2.24) is 0 Å². The third kappa shape index (κ3) is 9.55. The Balaban J connectivity index is 3.47. The van der Waals surface area contributed by atoms with E-state index in [9.17, 15) is 18.0 Å². The van der Waals surface area contributed by atoms with E-state index in [2.05, 4.69) is 0 Å². The van der Waals surface area contributed by atoms with Crippen molar-refractivity contribution in [2.45, 2.75) is 52.1 Å². The first-order valence-corrected chi connectivity index (χ1v) is 4.89. The predicted molar refractivity (Wildman–Crippen MR) is 49.0 cm³/mol. The Morgan fingerprint density at radius 3 is 2.21 bits per heavy atom. The number of alkyl halides is 3. The lowest BCUT2D eigenvalue weighted by molar-refractivity contribution is -0.143. The van der Waals surface area contributed by atoms with Gasteiger partial charge in [0, 0.05) is 12.8 Å². The summed E-state index contributed by atoms with van der Waals surface area (Å²) in [5.74, 6) is 0.230. The second-order valence-corrected chi connectivity index (χ2v) is 3.94. The Hall–Kier alpha value is -0.540. The molecule has 84 valence electrons. The van der Waals surface area contributed by atoms with E-state index in [-0.39, 0.29) is 18.6 Å². The van der Waals surface area contributed by atoms with Gasteiger partial charge in [-0.1, -0.05) is 20.3 Å². The molecule has 0 bridgehead atoms. The number of carbonyl (C=O) groups is 1. The van der Waals surface area contributed by atoms with Crippen LogP contribution in [0.4, 0.5) is 13.2 Å². The molecule has 0 heterocycles. The van der Waals surface area contributed by atoms with Gasteiger partial charge in [-0.05, 0) is 12.3 Å². The van der Waals surface area contributed by atoms with Gasteiger partial charge < -0.3 is 0 Å². The van der Waals surface area contributed by atoms with Crippen molar-refractivity contribution >= 4 is 5.78 Å². The molecule has 0 rings (SSSR count). The summed E-state index contributed by atoms with van der Waals surface area (Å²) in [6.07, 6.45) is -3.65. The van der Waals surface area contributed by atoms with E-state index in [1.54, 1.807) is 0 Å². The van der Waals surface area contributed by atoms with E-state index in [4.69, 9.17) is 0 Å². The molecule has 0 N–H and O–H groups in total. The molecule has 0 aliphatic heterocycles. The lowest BCUT2D eigenvalue weighted by atomic mass is 10.0. The third-order valence-corrected chi connectivity index (χ3v) is 1.92. The van der Waals surface area contributed by atoms with Gasteiger partial charge in [0.2, 0.25) is 0 Å². The van der Waals surface area contributed by atoms with E-state index in [1.807, 2.05) is 13.8 Å². The van der Waals surface area contributed by atoms with E-state index < -0.39 is 12.6 Å². The summed E-state index contributed by atoms with van der Waals surface area (Å²) in [6.45, 7) is 4.06. The van der Waals surface area contributed by atoms with Crippen molar-refractivity contribution in [2.75, 3.05) is 0 Å². The Morgan fingerprint density at radius 1 is 1.21 bits per heavy atom. The SMILES string of the molecule is CC(C)CCCC(=O)CCC(F)(F)F. The Labute approximate surface area is 82.7 Å². The normalized spacial score (nSPS) is 12.1. The lowest BCUT2D eigenvalue weighted by Gasteiger charge is -2.06. The van der Waals surface area contributed by atoms with Crippen molar-refractivity contribution in [3.63, 3.8) is 0 Å². The topological polar surface area (TPSA) is 17.1 Å². The quantitative estimate of drug-likeness (QED) is 0.653. The van der Waals surface area contributed by atoms with Crippen molar-refractivity contribution in [3.05, 3.63) is 0 Å². The Kier molecular flexibility index (Phi) is 5.81. The summed E-state index contributed by atoms with van der Waals surface area (Å²) in [7, 11) is 0. The number of rotatable bonds is 6. The lowest BCUT2D eigenvalue weighted by Crippen LogP contribution is -2.10. The average Bonchev–Trinajstić information content (AvgIpc) is 1.99. The molecule has 0 saturated heterocycles. The van der Waals surface area contributed by atoms with E-state index >= 15 is 0 Å². The van der Waals surface area contributed by atoms with Crippen LogP contribution in [0.25, 0.3) is 0 Å². The highest BCUT2D eigenvalue weighted by atomic mass is 19.4. The Bertz CT molecular complexity index is 173. The number of halogens is 3. The van der Waals surface area contributed by atoms with Crippen molar-refractivity contribution in [2.24, 2.45) is 5.92 Å². The van der Waals surface area contributed by atoms with Crippen LogP contribution in [0.2, 0.25) is 0 Å². The minimum Gasteiger partial charge on any atom is -0.300 e. The molecule has 0 aromatic heterocycles. The van der Waals surface area contributed by atoms with Gasteiger partial charge in [0.15, 0.2) is 0 Å². The van der Waals surface area contributed by atoms with Crippen LogP contribution in [0.3, 0.4) is 0 Å². The number of hydrogen-bond acceptors (Lipinski definition) is 1. The highest BCUT2D eigenvalue weighted by molar-refractivity contribution is 5.78. The zero-order valence-corrected chi connectivity index (χ0v) is 8.66. The van der Waals surface area contributed by atoms with E-state index in [1.165, 1.54) is 0 Å². The maximum atomic E-state index is 11.7. The molecule has 4 heteroatoms. The summed E-state index contributed by atoms with van der Waals surface area (Å²) < 4.78 is 35.1. The molecule has 0 spiro atoms. The van der Waals surface area contributed by atoms with Crippen molar-refractivity contribution in [1.29, 1.82) is 0 Å². The van der Waals surface area contributed by atoms with Crippen molar-refractivity contribution in [3.8, 4) is 0 Å². The van der Waals surface area contributed by atoms with Gasteiger partial charge in [-0.15, -0.1) is 0 Å². The first-order chi connectivity index (χ1) is 6.31. The van der Waals surface area contributed by atoms with Crippen LogP contribution in [0.5, 0.6) is 0 Å². The maximum Gasteiger partial charge on any atom is 0.389 e. The van der Waals surface area contributed by atoms with Gasteiger partial charge in [-0.3, -0.25) is 4.79 Å². The van der Waals surface area contributed by atoms with Gasteiger partial charge in [0.05, 0.1) is 6.42 Å². The zero-order chi connectivity index (χ0) is 11.2. The van der Waals surface area contributed by atoms with E-state index in [0.29, 0.717) is 12.3 Å². The van der Waals surface area contributed by atoms with Gasteiger partial charge >= 0.3 is 6.18 Å². The standard InChI is InChI=1S/C10H17F3O/c1-8(2)4-3-5-9(14)6-7-10(11,12)13/h8H,3-7H2,1-2H3. The summed E-state index contributed by atoms with van der Waals surface area (Å²) in [5, 5.41) is 0. The van der Waals surface area contributed by atoms with Gasteiger partial charge in [-0.25, -0.2) is 0 Å². The van der Waals surface area contributed by atoms with Crippen molar-refractivity contribution < 1.29 is 18.0 Å². The van der Waals surface area contributed by atoms with Crippen LogP contribution >= 0.6 is 0 Å². The molecule has 0 saturated carbocycles. The molecule has 0 amide bonds. The fourth-order valence-corrected chi connectivity index (χ4v) is 1.11. The van der Waals surface area contributed by atoms with Crippen LogP contribution in [0.15, 0.2) is 0 Å². The van der Waals surface area contributed by atoms with Crippen LogP contribution in [-0.2, 0) is 4.79 Å². The largest absolute Gasteiger partial charge is 0.389 e. The summed E-state index contributed by atoms with van der Waals surface area (Å²) in [4.78, 5) is 11.0. The highest BCUT2D eigenvalue weighted by Gasteiger charge is 2.27. The minimum absolute atomic E-state index is 0.275. The fraction of sp³-hybridized carbons (Fsp3) is 0.900. The smallest absolute Gasteiger partial charge is 0.300 e. The van der Waals surface area contributed by atoms with E-state index in [0.717, 1.165) is 6.42 Å². The highest BCUT2D eigenvalue weighted by Crippen LogP contribution is 2.22. The van der Waals surface area contributed by atoms with Gasteiger partial charge in [-0.2, -0.15) is 13.2 Å². The van der Waals surface area contributed by atoms with Crippen LogP contribution in [0, 0.1) is 5.92 Å². The molecule has 0 aromatic rings. The molecule has 0 aliphatic rings. The molecular weight excluding hydrogens is 193 g/mol. The Morgan fingerprint density at radius 2 is 1.79 bits per heavy atom. The fourth-order valence-electron chi connectivity index (χ4n) is 1.11. The van der Waals surface area contributed by atoms with Crippen LogP contribution in [0.1, 0.15) is 46.0 Å². The third-order valence-electron chi connectivity index (χ3n) is 1.92. The number of Topliss-reactive ketones (excluding diaryl/α,β-unsaturated/α-hetero) is 1. The second kappa shape index (κ2) is 6.04. The average molecular weight is 210 g/mol. The molecule has 0 aromatic carbocycles.